The summed E-state index contributed by atoms with van der Waals surface area (Å²) in [4.78, 5) is 11.8. The lowest BCUT2D eigenvalue weighted by Gasteiger charge is -2.21. The summed E-state index contributed by atoms with van der Waals surface area (Å²) in [6.07, 6.45) is 1.04. The van der Waals surface area contributed by atoms with Gasteiger partial charge in [0.15, 0.2) is 9.84 Å². The summed E-state index contributed by atoms with van der Waals surface area (Å²) in [6.45, 7) is 2.74. The zero-order valence-electron chi connectivity index (χ0n) is 10.0. The predicted molar refractivity (Wildman–Crippen MR) is 68.4 cm³/mol. The highest BCUT2D eigenvalue weighted by molar-refractivity contribution is 7.92. The van der Waals surface area contributed by atoms with Gasteiger partial charge in [-0.3, -0.25) is 4.79 Å². The fourth-order valence-corrected chi connectivity index (χ4v) is 1.40. The third-order valence-electron chi connectivity index (χ3n) is 2.64. The van der Waals surface area contributed by atoms with Gasteiger partial charge in [0.25, 0.3) is 0 Å². The average molecular weight is 256 g/mol. The van der Waals surface area contributed by atoms with E-state index in [1.807, 2.05) is 0 Å². The van der Waals surface area contributed by atoms with Gasteiger partial charge in [0.1, 0.15) is 4.75 Å². The molecule has 0 heterocycles. The number of hydrogen-bond acceptors (Lipinski definition) is 4. The van der Waals surface area contributed by atoms with E-state index < -0.39 is 20.5 Å². The molecule has 0 radical (unpaired) electrons. The van der Waals surface area contributed by atoms with Crippen molar-refractivity contribution >= 4 is 27.1 Å². The Hall–Kier alpha value is -1.56. The molecule has 0 spiro atoms. The molecule has 1 aromatic carbocycles. The van der Waals surface area contributed by atoms with Crippen LogP contribution >= 0.6 is 0 Å². The van der Waals surface area contributed by atoms with Crippen LogP contribution in [0.2, 0.25) is 0 Å². The maximum absolute atomic E-state index is 11.8. The maximum Gasteiger partial charge on any atom is 0.245 e. The molecule has 0 unspecified atom stereocenters. The van der Waals surface area contributed by atoms with Crippen LogP contribution < -0.4 is 11.1 Å². The maximum atomic E-state index is 11.8. The molecule has 6 heteroatoms. The topological polar surface area (TPSA) is 89.3 Å². The number of nitrogen functional groups attached to an aromatic ring is 1. The van der Waals surface area contributed by atoms with E-state index in [2.05, 4.69) is 5.32 Å². The fraction of sp³-hybridized carbons (Fsp3) is 0.364. The lowest BCUT2D eigenvalue weighted by atomic mass is 10.2. The number of nitrogens with one attached hydrogen (secondary N) is 1. The molecule has 1 rings (SSSR count). The normalized spacial score (nSPS) is 12.2. The smallest absolute Gasteiger partial charge is 0.245 e. The summed E-state index contributed by atoms with van der Waals surface area (Å²) in [5.41, 5.74) is 6.59. The lowest BCUT2D eigenvalue weighted by Crippen LogP contribution is -2.43. The zero-order chi connectivity index (χ0) is 13.3. The Kier molecular flexibility index (Phi) is 3.47. The molecule has 0 aliphatic rings. The highest BCUT2D eigenvalue weighted by Crippen LogP contribution is 2.19. The molecule has 0 aliphatic carbocycles. The second-order valence-corrected chi connectivity index (χ2v) is 6.92. The van der Waals surface area contributed by atoms with E-state index in [1.165, 1.54) is 13.8 Å². The molecular weight excluding hydrogens is 240 g/mol. The molecule has 17 heavy (non-hydrogen) atoms. The van der Waals surface area contributed by atoms with Crippen LogP contribution in [0.25, 0.3) is 0 Å². The first-order chi connectivity index (χ1) is 7.64. The SMILES string of the molecule is CC(C)(C(=O)Nc1ccc(N)cc1)S(C)(=O)=O. The van der Waals surface area contributed by atoms with Gasteiger partial charge in [0.2, 0.25) is 5.91 Å². The quantitative estimate of drug-likeness (QED) is 0.790. The number of anilines is 2. The first-order valence-electron chi connectivity index (χ1n) is 5.01. The predicted octanol–water partition coefficient (Wildman–Crippen LogP) is 1.03. The Labute approximate surface area is 101 Å². The van der Waals surface area contributed by atoms with Gasteiger partial charge in [-0.2, -0.15) is 0 Å². The minimum Gasteiger partial charge on any atom is -0.399 e. The lowest BCUT2D eigenvalue weighted by molar-refractivity contribution is -0.117. The van der Waals surface area contributed by atoms with Crippen molar-refractivity contribution in [1.82, 2.24) is 0 Å². The van der Waals surface area contributed by atoms with Gasteiger partial charge in [-0.25, -0.2) is 8.42 Å². The molecule has 0 aliphatic heterocycles. The van der Waals surface area contributed by atoms with Crippen molar-refractivity contribution in [3.8, 4) is 0 Å². The third-order valence-corrected chi connectivity index (χ3v) is 4.68. The van der Waals surface area contributed by atoms with Crippen LogP contribution in [-0.2, 0) is 14.6 Å². The molecule has 0 saturated heterocycles. The Bertz CT molecular complexity index is 518. The molecule has 0 fully saturated rings. The van der Waals surface area contributed by atoms with Crippen LogP contribution in [-0.4, -0.2) is 25.3 Å². The summed E-state index contributed by atoms with van der Waals surface area (Å²) in [6, 6.07) is 6.49. The molecule has 0 bridgehead atoms. The summed E-state index contributed by atoms with van der Waals surface area (Å²) < 4.78 is 21.5. The van der Waals surface area contributed by atoms with Gasteiger partial charge in [0, 0.05) is 17.6 Å². The molecule has 94 valence electrons. The fourth-order valence-electron chi connectivity index (χ4n) is 1.02. The number of amides is 1. The second-order valence-electron chi connectivity index (χ2n) is 4.36. The van der Waals surface area contributed by atoms with E-state index in [9.17, 15) is 13.2 Å². The molecule has 1 aromatic rings. The second kappa shape index (κ2) is 4.37. The number of carbonyl (C=O) groups is 1. The Morgan fingerprint density at radius 3 is 2.12 bits per heavy atom. The molecule has 0 aromatic heterocycles. The average Bonchev–Trinajstić information content (AvgIpc) is 2.19. The van der Waals surface area contributed by atoms with Crippen molar-refractivity contribution in [1.29, 1.82) is 0 Å². The van der Waals surface area contributed by atoms with Gasteiger partial charge in [0.05, 0.1) is 0 Å². The molecule has 3 N–H and O–H groups in total. The molecule has 0 atom stereocenters. The van der Waals surface area contributed by atoms with E-state index in [1.54, 1.807) is 24.3 Å². The van der Waals surface area contributed by atoms with E-state index in [0.717, 1.165) is 6.26 Å². The number of rotatable bonds is 3. The van der Waals surface area contributed by atoms with E-state index in [4.69, 9.17) is 5.73 Å². The van der Waals surface area contributed by atoms with Gasteiger partial charge in [-0.05, 0) is 38.1 Å². The number of carbonyl (C=O) groups excluding carboxylic acids is 1. The van der Waals surface area contributed by atoms with Crippen molar-refractivity contribution < 1.29 is 13.2 Å². The molecular formula is C11H16N2O3S. The molecule has 5 nitrogen and oxygen atoms in total. The highest BCUT2D eigenvalue weighted by atomic mass is 32.2. The Morgan fingerprint density at radius 1 is 1.24 bits per heavy atom. The summed E-state index contributed by atoms with van der Waals surface area (Å²) in [5, 5.41) is 2.54. The highest BCUT2D eigenvalue weighted by Gasteiger charge is 2.38. The number of nitrogens with two attached hydrogens (primary N) is 1. The largest absolute Gasteiger partial charge is 0.399 e. The summed E-state index contributed by atoms with van der Waals surface area (Å²) in [5.74, 6) is -0.565. The third kappa shape index (κ3) is 2.97. The van der Waals surface area contributed by atoms with Crippen LogP contribution in [0, 0.1) is 0 Å². The van der Waals surface area contributed by atoms with Crippen LogP contribution in [0.5, 0.6) is 0 Å². The van der Waals surface area contributed by atoms with E-state index >= 15 is 0 Å². The van der Waals surface area contributed by atoms with Crippen LogP contribution in [0.4, 0.5) is 11.4 Å². The Balaban J connectivity index is 2.90. The first-order valence-corrected chi connectivity index (χ1v) is 6.90. The number of benzene rings is 1. The monoisotopic (exact) mass is 256 g/mol. The zero-order valence-corrected chi connectivity index (χ0v) is 10.8. The van der Waals surface area contributed by atoms with E-state index in [0.29, 0.717) is 11.4 Å². The van der Waals surface area contributed by atoms with Crippen molar-refractivity contribution in [2.45, 2.75) is 18.6 Å². The number of hydrogen-bond donors (Lipinski definition) is 2. The van der Waals surface area contributed by atoms with Gasteiger partial charge in [-0.15, -0.1) is 0 Å². The van der Waals surface area contributed by atoms with Crippen molar-refractivity contribution in [3.63, 3.8) is 0 Å². The minimum atomic E-state index is -3.47. The molecule has 1 amide bonds. The number of sulfone groups is 1. The molecule has 0 saturated carbocycles. The first kappa shape index (κ1) is 13.5. The van der Waals surface area contributed by atoms with Crippen LogP contribution in [0.1, 0.15) is 13.8 Å². The van der Waals surface area contributed by atoms with Crippen LogP contribution in [0.15, 0.2) is 24.3 Å². The minimum absolute atomic E-state index is 0.515. The van der Waals surface area contributed by atoms with Gasteiger partial charge >= 0.3 is 0 Å². The van der Waals surface area contributed by atoms with Crippen molar-refractivity contribution in [2.24, 2.45) is 0 Å². The Morgan fingerprint density at radius 2 is 1.71 bits per heavy atom. The summed E-state index contributed by atoms with van der Waals surface area (Å²) in [7, 11) is -3.47. The van der Waals surface area contributed by atoms with E-state index in [-0.39, 0.29) is 0 Å². The van der Waals surface area contributed by atoms with Crippen molar-refractivity contribution in [2.75, 3.05) is 17.3 Å². The standard InChI is InChI=1S/C11H16N2O3S/c1-11(2,17(3,15)16)10(14)13-9-6-4-8(12)5-7-9/h4-7H,12H2,1-3H3,(H,13,14). The van der Waals surface area contributed by atoms with Gasteiger partial charge in [-0.1, -0.05) is 0 Å². The van der Waals surface area contributed by atoms with Crippen LogP contribution in [0.3, 0.4) is 0 Å². The van der Waals surface area contributed by atoms with Gasteiger partial charge < -0.3 is 11.1 Å². The van der Waals surface area contributed by atoms with Crippen molar-refractivity contribution in [3.05, 3.63) is 24.3 Å². The summed E-state index contributed by atoms with van der Waals surface area (Å²) >= 11 is 0.